The third-order valence-electron chi connectivity index (χ3n) is 29.6. The van der Waals surface area contributed by atoms with Crippen molar-refractivity contribution in [2.75, 3.05) is 62.5 Å². The van der Waals surface area contributed by atoms with Gasteiger partial charge in [-0.25, -0.2) is 9.59 Å². The van der Waals surface area contributed by atoms with Crippen molar-refractivity contribution < 1.29 is 126 Å². The van der Waals surface area contributed by atoms with Gasteiger partial charge < -0.3 is 105 Å². The number of esters is 4. The molecule has 814 valence electrons. The van der Waals surface area contributed by atoms with Crippen LogP contribution in [0.4, 0.5) is 0 Å². The predicted molar refractivity (Wildman–Crippen MR) is 546 cm³/mol. The van der Waals surface area contributed by atoms with Gasteiger partial charge in [0.1, 0.15) is 84.3 Å². The smallest absolute Gasteiger partial charge is 0.338 e. The highest BCUT2D eigenvalue weighted by molar-refractivity contribution is 6.01. The highest BCUT2D eigenvalue weighted by atomic mass is 16.6. The lowest BCUT2D eigenvalue weighted by Crippen LogP contribution is -2.82. The molecule has 147 heavy (non-hydrogen) atoms. The van der Waals surface area contributed by atoms with Gasteiger partial charge in [-0.2, -0.15) is 0 Å². The lowest BCUT2D eigenvalue weighted by Gasteiger charge is -2.67. The lowest BCUT2D eigenvalue weighted by molar-refractivity contribution is -0.346. The molecule has 2 saturated heterocycles. The SMILES string of the molecule is C/C=C/C[C@@H](C)[C@@H](O)[C@H]1C(=O)N[C@@H](CC)C(=O)N(C)CC(=O)N(C)[C@@H](CC(C)C)C(=O)N[C@@H](C(C)C)C(=O)N(C)[C@@H](CC(C)C)C(=O)N[C@@H](C)C(=O)N[C@H](C)C(=O)N(C)[C@@H](CC(C)C)C(=O)N(C)[C@@H](CC(C)C)C(=O)N(C)[C@@H](C(C)C)C(=O)N1C.CC(=O)O[C@H]1C(=O)[C@@]2(C)[C@H]([C@H](OC(=O)c3ccccc3)[C@]3(O)C[C@H](OC(=O)[C@H](O)[C@@H](NC(=O)c4ccccc4)c4ccccc4)C(C)=C1C3(C)C)[C@]1(OC(C)=O)CO[C@@H]1C[C@@H]2O. The molecule has 38 nitrogen and oxygen atoms in total. The zero-order valence-electron chi connectivity index (χ0n) is 91.3. The number of rotatable bonds is 25. The second-order valence-electron chi connectivity index (χ2n) is 43.4. The van der Waals surface area contributed by atoms with Gasteiger partial charge in [0, 0.05) is 87.0 Å². The molecule has 23 atom stereocenters. The number of aliphatic hydroxyl groups is 4. The second-order valence-corrected chi connectivity index (χ2v) is 43.4. The molecule has 3 aromatic carbocycles. The molecule has 9 N–H and O–H groups in total. The summed E-state index contributed by atoms with van der Waals surface area (Å²) < 4.78 is 30.3. The van der Waals surface area contributed by atoms with Crippen LogP contribution >= 0.6 is 0 Å². The van der Waals surface area contributed by atoms with E-state index in [4.69, 9.17) is 23.7 Å². The summed E-state index contributed by atoms with van der Waals surface area (Å²) >= 11 is 0. The van der Waals surface area contributed by atoms with Gasteiger partial charge in [0.25, 0.3) is 5.91 Å². The molecule has 12 amide bonds. The molecule has 3 aromatic rings. The fourth-order valence-corrected chi connectivity index (χ4v) is 20.9. The van der Waals surface area contributed by atoms with Gasteiger partial charge >= 0.3 is 23.9 Å². The Kier molecular flexibility index (Phi) is 43.0. The summed E-state index contributed by atoms with van der Waals surface area (Å²) in [7, 11) is 9.92. The van der Waals surface area contributed by atoms with Crippen molar-refractivity contribution in [3.63, 3.8) is 0 Å². The van der Waals surface area contributed by atoms with Crippen molar-refractivity contribution in [3.8, 4) is 0 Å². The van der Waals surface area contributed by atoms with Crippen molar-refractivity contribution in [2.24, 2.45) is 58.2 Å². The first-order valence-electron chi connectivity index (χ1n) is 51.0. The third-order valence-corrected chi connectivity index (χ3v) is 29.6. The molecule has 0 spiro atoms. The van der Waals surface area contributed by atoms with Crippen LogP contribution in [0, 0.1) is 58.2 Å². The van der Waals surface area contributed by atoms with E-state index in [0.717, 1.165) is 23.6 Å². The summed E-state index contributed by atoms with van der Waals surface area (Å²) in [4.78, 5) is 252. The summed E-state index contributed by atoms with van der Waals surface area (Å²) in [5.41, 5.74) is -7.02. The van der Waals surface area contributed by atoms with Crippen LogP contribution < -0.4 is 26.6 Å². The van der Waals surface area contributed by atoms with E-state index >= 15 is 14.4 Å². The van der Waals surface area contributed by atoms with E-state index in [1.54, 1.807) is 147 Å². The Labute approximate surface area is 865 Å². The van der Waals surface area contributed by atoms with Crippen LogP contribution in [0.5, 0.6) is 0 Å². The molecule has 2 heterocycles. The minimum absolute atomic E-state index is 0.00289. The van der Waals surface area contributed by atoms with Crippen LogP contribution in [0.15, 0.2) is 114 Å². The number of benzene rings is 3. The summed E-state index contributed by atoms with van der Waals surface area (Å²) in [6, 6.07) is 10.6. The number of hydrogen-bond donors (Lipinski definition) is 9. The number of nitrogens with zero attached hydrogens (tertiary/aromatic N) is 7. The van der Waals surface area contributed by atoms with Crippen molar-refractivity contribution >= 4 is 101 Å². The number of fused-ring (bicyclic) bond motifs is 5. The summed E-state index contributed by atoms with van der Waals surface area (Å²) in [5, 5.41) is 63.3. The standard InChI is InChI=1S/C62H111N11O12.C47H51NO14/c1-25-27-28-40(15)52(75)51-56(79)65-43(26-2)58(81)67(18)33-48(74)68(19)44(29-34(3)4)55(78)66-49(38(11)12)61(84)69(20)45(30-35(5)6)54(77)63-41(16)53(76)64-42(17)57(80)70(21)46(31-36(7)8)59(82)71(22)47(32-37(9)10)60(83)72(23)50(39(13)14)62(85)73(51)24;1-25-31(60-43(56)36(52)35(28-16-10-7-11-17-28)48-41(54)29-18-12-8-13-19-29)23-47(57)40(61-42(55)30-20-14-9-15-21-30)38-45(6,32(51)22-33-46(38,24-58-33)62-27(3)50)39(53)37(59-26(2)49)34(25)44(47,4)5/h25,27,34-47,49-52,75H,26,28-33H2,1-24H3,(H,63,77)(H,64,76)(H,65,79)(H,66,78);7-21,31-33,35-38,40,51-52,57H,22-24H2,1-6H3,(H,48,54)/b27-25+;/t40-,41+,42-,43+,44+,45+,46+,47+,49+,50+,51+,52-;31-,32-,33+,35-,36+,37+,38-,40-,45+,46-,47+/m10/s1. The minimum atomic E-state index is -2.39. The number of Topliss-reactive ketones (excluding diaryl/α,β-unsaturated/α-hetero) is 1. The van der Waals surface area contributed by atoms with Gasteiger partial charge in [0.05, 0.1) is 48.3 Å². The zero-order chi connectivity index (χ0) is 111. The largest absolute Gasteiger partial charge is 0.456 e. The van der Waals surface area contributed by atoms with E-state index < -0.39 is 268 Å². The average Bonchev–Trinajstić information content (AvgIpc) is 0.665. The van der Waals surface area contributed by atoms with Gasteiger partial charge in [-0.1, -0.05) is 190 Å². The maximum absolute atomic E-state index is 15.5. The molecule has 8 rings (SSSR count). The molecule has 2 bridgehead atoms. The Bertz CT molecular complexity index is 5250. The molecular formula is C109H162N12O26. The number of carbonyl (C=O) groups excluding carboxylic acids is 17. The quantitative estimate of drug-likeness (QED) is 0.0234. The first-order chi connectivity index (χ1) is 68.5. The average molecular weight is 2060 g/mol. The van der Waals surface area contributed by atoms with E-state index in [1.165, 1.54) is 114 Å². The van der Waals surface area contributed by atoms with E-state index in [-0.39, 0.29) is 91.1 Å². The molecule has 3 aliphatic carbocycles. The van der Waals surface area contributed by atoms with Gasteiger partial charge in [0.2, 0.25) is 65.0 Å². The Morgan fingerprint density at radius 3 is 1.52 bits per heavy atom. The normalized spacial score (nSPS) is 29.0. The van der Waals surface area contributed by atoms with Gasteiger partial charge in [-0.15, -0.1) is 0 Å². The summed E-state index contributed by atoms with van der Waals surface area (Å²) in [5.74, 6) is -16.5. The van der Waals surface area contributed by atoms with Crippen LogP contribution in [-0.2, 0) is 95.6 Å². The van der Waals surface area contributed by atoms with Crippen LogP contribution in [0.1, 0.15) is 243 Å². The van der Waals surface area contributed by atoms with Crippen molar-refractivity contribution in [1.82, 2.24) is 60.9 Å². The number of ketones is 1. The number of ether oxygens (including phenoxy) is 5. The minimum Gasteiger partial charge on any atom is -0.456 e. The number of carbonyl (C=O) groups is 17. The molecule has 2 aliphatic heterocycles. The van der Waals surface area contributed by atoms with Gasteiger partial charge in [-0.3, -0.25) is 71.9 Å². The molecular weight excluding hydrogens is 1890 g/mol. The van der Waals surface area contributed by atoms with Crippen LogP contribution in [0.3, 0.4) is 0 Å². The molecule has 0 aromatic heterocycles. The predicted octanol–water partition coefficient (Wildman–Crippen LogP) is 7.00. The van der Waals surface area contributed by atoms with E-state index in [1.807, 2.05) is 61.5 Å². The van der Waals surface area contributed by atoms with Crippen molar-refractivity contribution in [2.45, 2.75) is 331 Å². The summed E-state index contributed by atoms with van der Waals surface area (Å²) in [6.07, 6.45) is -7.47. The Morgan fingerprint density at radius 2 is 1.03 bits per heavy atom. The molecule has 2 saturated carbocycles. The highest BCUT2D eigenvalue weighted by Crippen LogP contribution is 2.65. The lowest BCUT2D eigenvalue weighted by atomic mass is 9.44. The van der Waals surface area contributed by atoms with E-state index in [2.05, 4.69) is 26.6 Å². The van der Waals surface area contributed by atoms with Crippen molar-refractivity contribution in [3.05, 3.63) is 131 Å². The van der Waals surface area contributed by atoms with E-state index in [9.17, 15) is 87.5 Å². The molecule has 5 aliphatic rings. The number of allylic oxidation sites excluding steroid dienone is 2. The fourth-order valence-electron chi connectivity index (χ4n) is 20.9. The first kappa shape index (κ1) is 122. The fraction of sp³-hybridized carbons (Fsp3) is 0.642. The zero-order valence-corrected chi connectivity index (χ0v) is 91.3. The second kappa shape index (κ2) is 51.8. The maximum atomic E-state index is 15.5. The third kappa shape index (κ3) is 28.0. The number of nitrogens with one attached hydrogen (secondary N) is 5. The molecule has 0 unspecified atom stereocenters. The highest BCUT2D eigenvalue weighted by Gasteiger charge is 2.79. The van der Waals surface area contributed by atoms with Crippen LogP contribution in [0.25, 0.3) is 0 Å². The van der Waals surface area contributed by atoms with Crippen LogP contribution in [0.2, 0.25) is 0 Å². The number of hydrogen-bond acceptors (Lipinski definition) is 26. The van der Waals surface area contributed by atoms with Crippen LogP contribution in [-0.4, -0.2) is 332 Å². The molecule has 0 radical (unpaired) electrons. The summed E-state index contributed by atoms with van der Waals surface area (Å²) in [6.45, 7) is 37.3. The van der Waals surface area contributed by atoms with Crippen molar-refractivity contribution in [1.29, 1.82) is 0 Å². The monoisotopic (exact) mass is 2060 g/mol. The first-order valence-corrected chi connectivity index (χ1v) is 51.0. The van der Waals surface area contributed by atoms with Gasteiger partial charge in [0.15, 0.2) is 23.6 Å². The maximum Gasteiger partial charge on any atom is 0.338 e. The molecule has 4 fully saturated rings. The topological polar surface area (TPSA) is 500 Å². The number of aliphatic hydroxyl groups excluding tert-OH is 3. The number of amides is 12. The van der Waals surface area contributed by atoms with E-state index in [0.29, 0.717) is 12.0 Å². The van der Waals surface area contributed by atoms with Gasteiger partial charge in [-0.05, 0) is 156 Å². The Hall–Kier alpha value is -11.9. The molecule has 38 heteroatoms. The Morgan fingerprint density at radius 1 is 0.551 bits per heavy atom. The number of likely N-dealkylation sites (N-methyl/N-ethyl adjacent to an activating group) is 7. The Balaban J connectivity index is 0.000000415.